The van der Waals surface area contributed by atoms with E-state index in [9.17, 15) is 4.79 Å². The van der Waals surface area contributed by atoms with Gasteiger partial charge in [0.1, 0.15) is 5.60 Å². The average molecular weight is 372 g/mol. The number of primary amides is 1. The van der Waals surface area contributed by atoms with Crippen LogP contribution in [0.4, 0.5) is 4.79 Å². The first-order valence-corrected chi connectivity index (χ1v) is 9.71. The van der Waals surface area contributed by atoms with E-state index in [1.54, 1.807) is 0 Å². The van der Waals surface area contributed by atoms with Crippen LogP contribution in [0.15, 0.2) is 24.4 Å². The lowest BCUT2D eigenvalue weighted by Gasteiger charge is -2.32. The Balaban J connectivity index is 1.56. The van der Waals surface area contributed by atoms with Crippen LogP contribution in [0.1, 0.15) is 43.9 Å². The molecule has 0 radical (unpaired) electrons. The number of aromatic nitrogens is 2. The number of hydrogen-bond donors (Lipinski definition) is 1. The van der Waals surface area contributed by atoms with Crippen LogP contribution in [0.3, 0.4) is 0 Å². The summed E-state index contributed by atoms with van der Waals surface area (Å²) < 4.78 is 13.4. The molecule has 2 N–H and O–H groups in total. The molecule has 2 fully saturated rings. The first kappa shape index (κ1) is 18.3. The van der Waals surface area contributed by atoms with Crippen molar-refractivity contribution in [1.29, 1.82) is 0 Å². The van der Waals surface area contributed by atoms with E-state index in [2.05, 4.69) is 28.2 Å². The lowest BCUT2D eigenvalue weighted by molar-refractivity contribution is -0.0366. The number of fused-ring (bicyclic) bond motifs is 1. The van der Waals surface area contributed by atoms with E-state index >= 15 is 0 Å². The van der Waals surface area contributed by atoms with Gasteiger partial charge in [-0.2, -0.15) is 5.10 Å². The predicted molar refractivity (Wildman–Crippen MR) is 102 cm³/mol. The highest BCUT2D eigenvalue weighted by Gasteiger charge is 2.53. The van der Waals surface area contributed by atoms with E-state index in [4.69, 9.17) is 15.2 Å². The number of nitrogens with zero attached hydrogens (tertiary/aromatic N) is 3. The van der Waals surface area contributed by atoms with Crippen LogP contribution < -0.4 is 5.73 Å². The summed E-state index contributed by atoms with van der Waals surface area (Å²) >= 11 is 0. The summed E-state index contributed by atoms with van der Waals surface area (Å²) in [4.78, 5) is 13.4. The minimum absolute atomic E-state index is 0.0373. The van der Waals surface area contributed by atoms with Crippen molar-refractivity contribution in [3.05, 3.63) is 30.0 Å². The topological polar surface area (TPSA) is 82.6 Å². The van der Waals surface area contributed by atoms with Crippen molar-refractivity contribution in [3.8, 4) is 0 Å². The maximum absolute atomic E-state index is 11.3. The summed E-state index contributed by atoms with van der Waals surface area (Å²) in [6.07, 6.45) is 7.08. The van der Waals surface area contributed by atoms with E-state index < -0.39 is 11.7 Å². The molecular weight excluding hydrogens is 344 g/mol. The monoisotopic (exact) mass is 372 g/mol. The van der Waals surface area contributed by atoms with E-state index in [0.717, 1.165) is 49.6 Å². The second kappa shape index (κ2) is 7.13. The van der Waals surface area contributed by atoms with Gasteiger partial charge in [0, 0.05) is 12.0 Å². The molecule has 7 heteroatoms. The third-order valence-corrected chi connectivity index (χ3v) is 5.79. The van der Waals surface area contributed by atoms with Crippen LogP contribution in [0.2, 0.25) is 0 Å². The van der Waals surface area contributed by atoms with Gasteiger partial charge in [-0.25, -0.2) is 9.48 Å². The minimum Gasteiger partial charge on any atom is -0.441 e. The number of carbonyl (C=O) groups excluding carboxylic acids is 1. The van der Waals surface area contributed by atoms with E-state index in [1.807, 2.05) is 25.0 Å². The van der Waals surface area contributed by atoms with E-state index in [-0.39, 0.29) is 12.3 Å². The van der Waals surface area contributed by atoms with Crippen molar-refractivity contribution in [2.45, 2.75) is 56.4 Å². The quantitative estimate of drug-likeness (QED) is 0.843. The molecule has 2 unspecified atom stereocenters. The zero-order valence-electron chi connectivity index (χ0n) is 16.1. The number of nitrogens with two attached hydrogens (primary N) is 1. The predicted octanol–water partition coefficient (Wildman–Crippen LogP) is 2.84. The Hall–Kier alpha value is -2.12. The molecule has 2 aromatic rings. The van der Waals surface area contributed by atoms with Crippen molar-refractivity contribution in [3.63, 3.8) is 0 Å². The Morgan fingerprint density at radius 1 is 1.44 bits per heavy atom. The molecule has 1 saturated carbocycles. The number of benzene rings is 1. The van der Waals surface area contributed by atoms with Crippen molar-refractivity contribution in [2.75, 3.05) is 20.7 Å². The van der Waals surface area contributed by atoms with Gasteiger partial charge in [-0.15, -0.1) is 0 Å². The third kappa shape index (κ3) is 3.66. The lowest BCUT2D eigenvalue weighted by Crippen LogP contribution is -2.45. The number of carbonyl (C=O) groups is 1. The Morgan fingerprint density at radius 3 is 2.89 bits per heavy atom. The highest BCUT2D eigenvalue weighted by Crippen LogP contribution is 2.45. The number of hydrogen-bond acceptors (Lipinski definition) is 5. The fourth-order valence-electron chi connectivity index (χ4n) is 4.26. The number of likely N-dealkylation sites (N-methyl/N-ethyl adjacent to an activating group) is 1. The number of rotatable bonds is 6. The van der Waals surface area contributed by atoms with Gasteiger partial charge in [0.05, 0.1) is 17.8 Å². The average Bonchev–Trinajstić information content (AvgIpc) is 3.28. The van der Waals surface area contributed by atoms with Gasteiger partial charge in [0.25, 0.3) is 0 Å². The molecule has 2 atom stereocenters. The molecule has 146 valence electrons. The van der Waals surface area contributed by atoms with Crippen LogP contribution in [0.5, 0.6) is 0 Å². The molecule has 2 heterocycles. The molecule has 1 aromatic heterocycles. The Morgan fingerprint density at radius 2 is 2.26 bits per heavy atom. The highest BCUT2D eigenvalue weighted by molar-refractivity contribution is 5.79. The summed E-state index contributed by atoms with van der Waals surface area (Å²) in [5, 5.41) is 5.68. The van der Waals surface area contributed by atoms with Crippen molar-refractivity contribution < 1.29 is 14.3 Å². The maximum Gasteiger partial charge on any atom is 0.405 e. The Labute approximate surface area is 159 Å². The van der Waals surface area contributed by atoms with E-state index in [1.165, 1.54) is 12.0 Å². The van der Waals surface area contributed by atoms with Gasteiger partial charge >= 0.3 is 6.09 Å². The molecule has 27 heavy (non-hydrogen) atoms. The summed E-state index contributed by atoms with van der Waals surface area (Å²) in [5.41, 5.74) is 7.14. The Kier molecular flexibility index (Phi) is 4.82. The highest BCUT2D eigenvalue weighted by atomic mass is 16.6. The fourth-order valence-corrected chi connectivity index (χ4v) is 4.26. The van der Waals surface area contributed by atoms with Gasteiger partial charge in [0.15, 0.2) is 6.23 Å². The number of ether oxygens (including phenoxy) is 2. The Bertz CT molecular complexity index is 822. The van der Waals surface area contributed by atoms with Crippen molar-refractivity contribution in [1.82, 2.24) is 14.7 Å². The number of amides is 1. The zero-order chi connectivity index (χ0) is 19.0. The fraction of sp³-hybridized carbons (Fsp3) is 0.600. The van der Waals surface area contributed by atoms with Gasteiger partial charge in [0.2, 0.25) is 0 Å². The minimum atomic E-state index is -0.691. The van der Waals surface area contributed by atoms with Crippen LogP contribution in [0.25, 0.3) is 10.9 Å². The third-order valence-electron chi connectivity index (χ3n) is 5.79. The standard InChI is InChI=1S/C20H28N4O3/c1-23(2)17(20(8-9-20)27-19(21)25)12-14-6-7-16-15(11-14)13-22-24(16)18-5-3-4-10-26-18/h6-7,11,13,17-18H,3-5,8-10,12H2,1-2H3,(H2,21,25). The lowest BCUT2D eigenvalue weighted by atomic mass is 9.97. The van der Waals surface area contributed by atoms with Crippen molar-refractivity contribution >= 4 is 17.0 Å². The molecule has 1 aliphatic carbocycles. The first-order valence-electron chi connectivity index (χ1n) is 9.71. The van der Waals surface area contributed by atoms with Gasteiger partial charge < -0.3 is 20.1 Å². The smallest absolute Gasteiger partial charge is 0.405 e. The normalized spacial score (nSPS) is 22.7. The second-order valence-electron chi connectivity index (χ2n) is 7.97. The summed E-state index contributed by atoms with van der Waals surface area (Å²) in [7, 11) is 4.04. The maximum atomic E-state index is 11.3. The molecule has 0 bridgehead atoms. The van der Waals surface area contributed by atoms with Gasteiger partial charge in [-0.05, 0) is 70.3 Å². The molecule has 2 aliphatic rings. The molecule has 1 amide bonds. The van der Waals surface area contributed by atoms with Crippen molar-refractivity contribution in [2.24, 2.45) is 5.73 Å². The summed E-state index contributed by atoms with van der Waals surface area (Å²) in [5.74, 6) is 0. The van der Waals surface area contributed by atoms with Crippen LogP contribution >= 0.6 is 0 Å². The van der Waals surface area contributed by atoms with Crippen LogP contribution in [-0.4, -0.2) is 53.1 Å². The summed E-state index contributed by atoms with van der Waals surface area (Å²) in [6.45, 7) is 0.802. The summed E-state index contributed by atoms with van der Waals surface area (Å²) in [6, 6.07) is 6.54. The van der Waals surface area contributed by atoms with Gasteiger partial charge in [-0.3, -0.25) is 0 Å². The second-order valence-corrected chi connectivity index (χ2v) is 7.97. The molecular formula is C20H28N4O3. The molecule has 1 aliphatic heterocycles. The van der Waals surface area contributed by atoms with Crippen LogP contribution in [-0.2, 0) is 15.9 Å². The first-order chi connectivity index (χ1) is 13.0. The molecule has 0 spiro atoms. The SMILES string of the molecule is CN(C)C(Cc1ccc2c(cnn2C2CCCCO2)c1)C1(OC(N)=O)CC1. The molecule has 1 aromatic carbocycles. The van der Waals surface area contributed by atoms with Crippen LogP contribution in [0, 0.1) is 0 Å². The zero-order valence-corrected chi connectivity index (χ0v) is 16.1. The van der Waals surface area contributed by atoms with Gasteiger partial charge in [-0.1, -0.05) is 6.07 Å². The molecule has 4 rings (SSSR count). The molecule has 7 nitrogen and oxygen atoms in total. The molecule has 1 saturated heterocycles. The largest absolute Gasteiger partial charge is 0.441 e. The van der Waals surface area contributed by atoms with E-state index in [0.29, 0.717) is 0 Å².